The van der Waals surface area contributed by atoms with Crippen molar-refractivity contribution in [2.24, 2.45) is 0 Å². The minimum atomic E-state index is -3.85. The van der Waals surface area contributed by atoms with Gasteiger partial charge in [-0.3, -0.25) is 9.52 Å². The number of sulfonamides is 1. The van der Waals surface area contributed by atoms with Crippen LogP contribution in [0, 0.1) is 0 Å². The molecule has 0 saturated heterocycles. The van der Waals surface area contributed by atoms with Gasteiger partial charge in [-0.15, -0.1) is 0 Å². The van der Waals surface area contributed by atoms with Crippen LogP contribution >= 0.6 is 27.5 Å². The molecule has 0 aliphatic rings. The number of nitrogens with one attached hydrogen (secondary N) is 2. The number of anilines is 2. The standard InChI is InChI=1S/C20H16BrClN2O4S/c1-28-16-8-6-14(7-9-16)24-29(26,27)17-4-2-3-15(12-17)23-20(25)18-11-13(21)5-10-19(18)22/h2-12,24H,1H3,(H,23,25). The molecule has 0 bridgehead atoms. The summed E-state index contributed by atoms with van der Waals surface area (Å²) in [5.74, 6) is 0.165. The smallest absolute Gasteiger partial charge is 0.261 e. The summed E-state index contributed by atoms with van der Waals surface area (Å²) < 4.78 is 33.6. The number of halogens is 2. The third kappa shape index (κ3) is 5.29. The van der Waals surface area contributed by atoms with Crippen molar-refractivity contribution in [2.75, 3.05) is 17.1 Å². The Bertz CT molecular complexity index is 1150. The van der Waals surface area contributed by atoms with Gasteiger partial charge in [-0.1, -0.05) is 33.6 Å². The first-order chi connectivity index (χ1) is 13.8. The Morgan fingerprint density at radius 3 is 2.41 bits per heavy atom. The lowest BCUT2D eigenvalue weighted by atomic mass is 10.2. The first-order valence-electron chi connectivity index (χ1n) is 8.32. The number of carbonyl (C=O) groups excluding carboxylic acids is 1. The fourth-order valence-corrected chi connectivity index (χ4v) is 4.15. The predicted molar refractivity (Wildman–Crippen MR) is 117 cm³/mol. The molecule has 0 heterocycles. The zero-order valence-electron chi connectivity index (χ0n) is 15.1. The highest BCUT2D eigenvalue weighted by Gasteiger charge is 2.16. The molecule has 0 spiro atoms. The van der Waals surface area contributed by atoms with Crippen LogP contribution < -0.4 is 14.8 Å². The van der Waals surface area contributed by atoms with Crippen LogP contribution in [0.3, 0.4) is 0 Å². The van der Waals surface area contributed by atoms with E-state index in [9.17, 15) is 13.2 Å². The van der Waals surface area contributed by atoms with Crippen molar-refractivity contribution in [3.8, 4) is 5.75 Å². The molecule has 3 aromatic rings. The number of rotatable bonds is 6. The van der Waals surface area contributed by atoms with Crippen LogP contribution in [0.15, 0.2) is 76.1 Å². The molecule has 3 aromatic carbocycles. The van der Waals surface area contributed by atoms with E-state index in [1.54, 1.807) is 54.6 Å². The number of benzene rings is 3. The van der Waals surface area contributed by atoms with Crippen LogP contribution in [0.2, 0.25) is 5.02 Å². The topological polar surface area (TPSA) is 84.5 Å². The van der Waals surface area contributed by atoms with Gasteiger partial charge in [0.05, 0.1) is 22.6 Å². The molecule has 2 N–H and O–H groups in total. The normalized spacial score (nSPS) is 11.0. The summed E-state index contributed by atoms with van der Waals surface area (Å²) in [7, 11) is -2.32. The van der Waals surface area contributed by atoms with Crippen molar-refractivity contribution < 1.29 is 17.9 Å². The average molecular weight is 496 g/mol. The van der Waals surface area contributed by atoms with E-state index >= 15 is 0 Å². The summed E-state index contributed by atoms with van der Waals surface area (Å²) in [5.41, 5.74) is 0.982. The Hall–Kier alpha value is -2.55. The van der Waals surface area contributed by atoms with Gasteiger partial charge in [0.25, 0.3) is 15.9 Å². The van der Waals surface area contributed by atoms with E-state index in [-0.39, 0.29) is 15.5 Å². The molecular formula is C20H16BrClN2O4S. The maximum Gasteiger partial charge on any atom is 0.261 e. The molecule has 9 heteroatoms. The fraction of sp³-hybridized carbons (Fsp3) is 0.0500. The molecule has 0 fully saturated rings. The summed E-state index contributed by atoms with van der Waals surface area (Å²) in [5, 5.41) is 2.95. The second kappa shape index (κ2) is 8.86. The molecular weight excluding hydrogens is 480 g/mol. The first kappa shape index (κ1) is 21.2. The van der Waals surface area contributed by atoms with Crippen molar-refractivity contribution in [3.05, 3.63) is 81.8 Å². The van der Waals surface area contributed by atoms with E-state index < -0.39 is 15.9 Å². The maximum absolute atomic E-state index is 12.7. The zero-order chi connectivity index (χ0) is 21.0. The predicted octanol–water partition coefficient (Wildman–Crippen LogP) is 5.16. The second-order valence-electron chi connectivity index (χ2n) is 5.94. The van der Waals surface area contributed by atoms with Crippen LogP contribution in [0.4, 0.5) is 11.4 Å². The number of ether oxygens (including phenoxy) is 1. The van der Waals surface area contributed by atoms with E-state index in [1.165, 1.54) is 19.2 Å². The van der Waals surface area contributed by atoms with Gasteiger partial charge in [-0.05, 0) is 60.7 Å². The van der Waals surface area contributed by atoms with Crippen LogP contribution in [0.25, 0.3) is 0 Å². The number of hydrogen-bond acceptors (Lipinski definition) is 4. The van der Waals surface area contributed by atoms with E-state index in [2.05, 4.69) is 26.0 Å². The Balaban J connectivity index is 1.80. The zero-order valence-corrected chi connectivity index (χ0v) is 18.3. The summed E-state index contributed by atoms with van der Waals surface area (Å²) in [6.07, 6.45) is 0. The SMILES string of the molecule is COc1ccc(NS(=O)(=O)c2cccc(NC(=O)c3cc(Br)ccc3Cl)c2)cc1. The van der Waals surface area contributed by atoms with Gasteiger partial charge >= 0.3 is 0 Å². The highest BCUT2D eigenvalue weighted by atomic mass is 79.9. The highest BCUT2D eigenvalue weighted by molar-refractivity contribution is 9.10. The van der Waals surface area contributed by atoms with Gasteiger partial charge < -0.3 is 10.1 Å². The molecule has 0 aromatic heterocycles. The van der Waals surface area contributed by atoms with Gasteiger partial charge in [-0.2, -0.15) is 0 Å². The Labute approximate surface area is 182 Å². The van der Waals surface area contributed by atoms with E-state index in [0.717, 1.165) is 0 Å². The molecule has 3 rings (SSSR count). The average Bonchev–Trinajstić information content (AvgIpc) is 2.70. The van der Waals surface area contributed by atoms with Gasteiger partial charge in [0.1, 0.15) is 5.75 Å². The molecule has 0 aliphatic heterocycles. The second-order valence-corrected chi connectivity index (χ2v) is 8.95. The third-order valence-corrected chi connectivity index (χ3v) is 6.12. The lowest BCUT2D eigenvalue weighted by Gasteiger charge is -2.11. The van der Waals surface area contributed by atoms with Crippen molar-refractivity contribution >= 4 is 54.8 Å². The van der Waals surface area contributed by atoms with Crippen molar-refractivity contribution in [1.29, 1.82) is 0 Å². The molecule has 29 heavy (non-hydrogen) atoms. The van der Waals surface area contributed by atoms with E-state index in [0.29, 0.717) is 21.6 Å². The Kier molecular flexibility index (Phi) is 6.46. The summed E-state index contributed by atoms with van der Waals surface area (Å²) in [4.78, 5) is 12.5. The largest absolute Gasteiger partial charge is 0.497 e. The number of amides is 1. The minimum Gasteiger partial charge on any atom is -0.497 e. The molecule has 1 amide bonds. The van der Waals surface area contributed by atoms with Crippen LogP contribution in [0.1, 0.15) is 10.4 Å². The van der Waals surface area contributed by atoms with Gasteiger partial charge in [-0.25, -0.2) is 8.42 Å². The summed E-state index contributed by atoms with van der Waals surface area (Å²) in [6.45, 7) is 0. The molecule has 0 unspecified atom stereocenters. The summed E-state index contributed by atoms with van der Waals surface area (Å²) in [6, 6.07) is 17.3. The third-order valence-electron chi connectivity index (χ3n) is 3.92. The molecule has 0 saturated carbocycles. The Morgan fingerprint density at radius 1 is 1.00 bits per heavy atom. The van der Waals surface area contributed by atoms with Crippen molar-refractivity contribution in [1.82, 2.24) is 0 Å². The highest BCUT2D eigenvalue weighted by Crippen LogP contribution is 2.24. The molecule has 150 valence electrons. The van der Waals surface area contributed by atoms with Crippen LogP contribution in [-0.4, -0.2) is 21.4 Å². The van der Waals surface area contributed by atoms with Crippen LogP contribution in [0.5, 0.6) is 5.75 Å². The Morgan fingerprint density at radius 2 is 1.72 bits per heavy atom. The molecule has 0 radical (unpaired) electrons. The number of methoxy groups -OCH3 is 1. The lowest BCUT2D eigenvalue weighted by molar-refractivity contribution is 0.102. The van der Waals surface area contributed by atoms with Gasteiger partial charge in [0.2, 0.25) is 0 Å². The quantitative estimate of drug-likeness (QED) is 0.494. The summed E-state index contributed by atoms with van der Waals surface area (Å²) >= 11 is 9.37. The first-order valence-corrected chi connectivity index (χ1v) is 11.0. The monoisotopic (exact) mass is 494 g/mol. The molecule has 0 atom stereocenters. The fourth-order valence-electron chi connectivity index (χ4n) is 2.48. The maximum atomic E-state index is 12.7. The molecule has 0 aliphatic carbocycles. The number of hydrogen-bond donors (Lipinski definition) is 2. The van der Waals surface area contributed by atoms with Crippen molar-refractivity contribution in [2.45, 2.75) is 4.90 Å². The van der Waals surface area contributed by atoms with Gasteiger partial charge in [0, 0.05) is 15.8 Å². The minimum absolute atomic E-state index is 0.00598. The van der Waals surface area contributed by atoms with Gasteiger partial charge in [0.15, 0.2) is 0 Å². The van der Waals surface area contributed by atoms with E-state index in [1.807, 2.05) is 0 Å². The lowest BCUT2D eigenvalue weighted by Crippen LogP contribution is -2.15. The van der Waals surface area contributed by atoms with Crippen molar-refractivity contribution in [3.63, 3.8) is 0 Å². The van der Waals surface area contributed by atoms with Crippen LogP contribution in [-0.2, 0) is 10.0 Å². The molecule has 6 nitrogen and oxygen atoms in total. The number of carbonyl (C=O) groups is 1. The van der Waals surface area contributed by atoms with E-state index in [4.69, 9.17) is 16.3 Å².